The second-order valence-electron chi connectivity index (χ2n) is 9.09. The van der Waals surface area contributed by atoms with E-state index >= 15 is 0 Å². The van der Waals surface area contributed by atoms with Gasteiger partial charge in [-0.25, -0.2) is 9.37 Å². The van der Waals surface area contributed by atoms with Crippen molar-refractivity contribution in [2.24, 2.45) is 5.92 Å². The molecule has 0 spiro atoms. The molecule has 31 heavy (non-hydrogen) atoms. The SMILES string of the molecule is O=c1[nH]c(CSC2CCN(C3CCNCC3)CC2)nc2cc(OCC3CC3)cc(F)c12. The highest BCUT2D eigenvalue weighted by Crippen LogP contribution is 2.31. The molecule has 1 aromatic heterocycles. The van der Waals surface area contributed by atoms with E-state index in [4.69, 9.17) is 4.74 Å². The molecular weight excluding hydrogens is 415 g/mol. The van der Waals surface area contributed by atoms with Gasteiger partial charge in [-0.3, -0.25) is 4.79 Å². The van der Waals surface area contributed by atoms with E-state index in [1.54, 1.807) is 6.07 Å². The van der Waals surface area contributed by atoms with Crippen LogP contribution in [0.5, 0.6) is 5.75 Å². The Balaban J connectivity index is 1.20. The lowest BCUT2D eigenvalue weighted by Gasteiger charge is -2.39. The van der Waals surface area contributed by atoms with Crippen molar-refractivity contribution in [2.75, 3.05) is 32.8 Å². The second-order valence-corrected chi connectivity index (χ2v) is 10.4. The van der Waals surface area contributed by atoms with Crippen LogP contribution in [0.2, 0.25) is 0 Å². The number of ether oxygens (including phenoxy) is 1. The summed E-state index contributed by atoms with van der Waals surface area (Å²) in [5.41, 5.74) is -0.0292. The fourth-order valence-electron chi connectivity index (χ4n) is 4.67. The third kappa shape index (κ3) is 5.23. The van der Waals surface area contributed by atoms with Gasteiger partial charge in [0, 0.05) is 23.4 Å². The minimum absolute atomic E-state index is 0.0165. The standard InChI is InChI=1S/C23H31FN4O2S/c24-19-11-17(30-13-15-1-2-15)12-20-22(19)23(29)27-21(26-20)14-31-18-5-9-28(10-6-18)16-3-7-25-8-4-16/h11-12,15-16,18,25H,1-10,13-14H2,(H,26,27,29). The summed E-state index contributed by atoms with van der Waals surface area (Å²) >= 11 is 1.85. The molecule has 2 saturated heterocycles. The summed E-state index contributed by atoms with van der Waals surface area (Å²) in [5, 5.41) is 4.03. The smallest absolute Gasteiger partial charge is 0.261 e. The zero-order chi connectivity index (χ0) is 21.2. The summed E-state index contributed by atoms with van der Waals surface area (Å²) < 4.78 is 20.2. The molecule has 1 saturated carbocycles. The fourth-order valence-corrected chi connectivity index (χ4v) is 5.75. The molecule has 6 nitrogen and oxygen atoms in total. The molecule has 1 aromatic carbocycles. The number of likely N-dealkylation sites (tertiary alicyclic amines) is 1. The Hall–Kier alpha value is -1.64. The summed E-state index contributed by atoms with van der Waals surface area (Å²) in [7, 11) is 0. The molecule has 2 N–H and O–H groups in total. The van der Waals surface area contributed by atoms with Crippen molar-refractivity contribution in [3.63, 3.8) is 0 Å². The number of rotatable bonds is 7. The van der Waals surface area contributed by atoms with Gasteiger partial charge >= 0.3 is 0 Å². The van der Waals surface area contributed by atoms with Gasteiger partial charge < -0.3 is 19.9 Å². The van der Waals surface area contributed by atoms with E-state index in [9.17, 15) is 9.18 Å². The van der Waals surface area contributed by atoms with E-state index < -0.39 is 11.4 Å². The Bertz CT molecular complexity index is 966. The third-order valence-electron chi connectivity index (χ3n) is 6.72. The van der Waals surface area contributed by atoms with Crippen molar-refractivity contribution in [3.05, 3.63) is 34.1 Å². The first kappa shape index (κ1) is 21.2. The quantitative estimate of drug-likeness (QED) is 0.680. The van der Waals surface area contributed by atoms with Crippen molar-refractivity contribution < 1.29 is 9.13 Å². The van der Waals surface area contributed by atoms with Crippen molar-refractivity contribution >= 4 is 22.7 Å². The van der Waals surface area contributed by atoms with Crippen LogP contribution in [0.1, 0.15) is 44.3 Å². The Morgan fingerprint density at radius 3 is 2.65 bits per heavy atom. The molecule has 0 unspecified atom stereocenters. The predicted molar refractivity (Wildman–Crippen MR) is 122 cm³/mol. The molecule has 3 fully saturated rings. The van der Waals surface area contributed by atoms with Crippen molar-refractivity contribution in [1.82, 2.24) is 20.2 Å². The highest BCUT2D eigenvalue weighted by molar-refractivity contribution is 7.99. The number of hydrogen-bond acceptors (Lipinski definition) is 6. The highest BCUT2D eigenvalue weighted by Gasteiger charge is 2.26. The Kier molecular flexibility index (Phi) is 6.48. The summed E-state index contributed by atoms with van der Waals surface area (Å²) in [5.74, 6) is 1.72. The fraction of sp³-hybridized carbons (Fsp3) is 0.652. The normalized spacial score (nSPS) is 21.6. The molecule has 3 aliphatic rings. The number of H-pyrrole nitrogens is 1. The van der Waals surface area contributed by atoms with E-state index in [-0.39, 0.29) is 5.39 Å². The number of halogens is 1. The first-order valence-corrected chi connectivity index (χ1v) is 12.6. The van der Waals surface area contributed by atoms with Crippen LogP contribution in [0.4, 0.5) is 4.39 Å². The lowest BCUT2D eigenvalue weighted by Crippen LogP contribution is -2.47. The Morgan fingerprint density at radius 2 is 1.90 bits per heavy atom. The lowest BCUT2D eigenvalue weighted by molar-refractivity contribution is 0.138. The van der Waals surface area contributed by atoms with Gasteiger partial charge in [-0.15, -0.1) is 0 Å². The van der Waals surface area contributed by atoms with Gasteiger partial charge in [0.15, 0.2) is 0 Å². The molecule has 5 rings (SSSR count). The number of piperidine rings is 2. The Morgan fingerprint density at radius 1 is 1.13 bits per heavy atom. The van der Waals surface area contributed by atoms with Crippen molar-refractivity contribution in [3.8, 4) is 5.75 Å². The minimum Gasteiger partial charge on any atom is -0.493 e. The maximum absolute atomic E-state index is 14.5. The number of aromatic amines is 1. The number of benzene rings is 1. The van der Waals surface area contributed by atoms with Crippen LogP contribution < -0.4 is 15.6 Å². The molecule has 0 radical (unpaired) electrons. The molecular formula is C23H31FN4O2S. The molecule has 2 aromatic rings. The van der Waals surface area contributed by atoms with Crippen LogP contribution in [0, 0.1) is 11.7 Å². The first-order chi connectivity index (χ1) is 15.2. The largest absolute Gasteiger partial charge is 0.493 e. The van der Waals surface area contributed by atoms with Crippen LogP contribution in [-0.4, -0.2) is 58.9 Å². The average Bonchev–Trinajstić information content (AvgIpc) is 3.61. The van der Waals surface area contributed by atoms with Gasteiger partial charge in [-0.2, -0.15) is 11.8 Å². The molecule has 0 amide bonds. The molecule has 0 atom stereocenters. The molecule has 2 aliphatic heterocycles. The molecule has 8 heteroatoms. The van der Waals surface area contributed by atoms with Crippen LogP contribution in [0.15, 0.2) is 16.9 Å². The van der Waals surface area contributed by atoms with Gasteiger partial charge in [-0.1, -0.05) is 0 Å². The second kappa shape index (κ2) is 9.46. The van der Waals surface area contributed by atoms with E-state index in [1.807, 2.05) is 11.8 Å². The number of fused-ring (bicyclic) bond motifs is 1. The van der Waals surface area contributed by atoms with Crippen LogP contribution >= 0.6 is 11.8 Å². The summed E-state index contributed by atoms with van der Waals surface area (Å²) in [4.78, 5) is 22.5. The lowest BCUT2D eigenvalue weighted by atomic mass is 10.0. The zero-order valence-electron chi connectivity index (χ0n) is 17.9. The molecule has 3 heterocycles. The average molecular weight is 447 g/mol. The van der Waals surface area contributed by atoms with Gasteiger partial charge in [-0.05, 0) is 70.6 Å². The van der Waals surface area contributed by atoms with Gasteiger partial charge in [0.25, 0.3) is 5.56 Å². The number of aromatic nitrogens is 2. The van der Waals surface area contributed by atoms with Crippen LogP contribution in [0.25, 0.3) is 10.9 Å². The molecule has 1 aliphatic carbocycles. The molecule has 0 bridgehead atoms. The third-order valence-corrected chi connectivity index (χ3v) is 8.11. The summed E-state index contributed by atoms with van der Waals surface area (Å²) in [6.07, 6.45) is 7.19. The van der Waals surface area contributed by atoms with Crippen molar-refractivity contribution in [2.45, 2.75) is 55.6 Å². The monoisotopic (exact) mass is 446 g/mol. The topological polar surface area (TPSA) is 70.2 Å². The van der Waals surface area contributed by atoms with Gasteiger partial charge in [0.05, 0.1) is 17.9 Å². The predicted octanol–water partition coefficient (Wildman–Crippen LogP) is 3.30. The van der Waals surface area contributed by atoms with E-state index in [1.165, 1.54) is 44.6 Å². The summed E-state index contributed by atoms with van der Waals surface area (Å²) in [6, 6.07) is 3.73. The van der Waals surface area contributed by atoms with Gasteiger partial charge in [0.2, 0.25) is 0 Å². The number of thioether (sulfide) groups is 1. The number of nitrogens with one attached hydrogen (secondary N) is 2. The maximum atomic E-state index is 14.5. The van der Waals surface area contributed by atoms with E-state index in [0.717, 1.165) is 32.2 Å². The Labute approximate surface area is 186 Å². The number of nitrogens with zero attached hydrogens (tertiary/aromatic N) is 2. The summed E-state index contributed by atoms with van der Waals surface area (Å²) in [6.45, 7) is 5.17. The minimum atomic E-state index is -0.568. The highest BCUT2D eigenvalue weighted by atomic mass is 32.2. The van der Waals surface area contributed by atoms with Crippen molar-refractivity contribution in [1.29, 1.82) is 0 Å². The van der Waals surface area contributed by atoms with E-state index in [2.05, 4.69) is 20.2 Å². The van der Waals surface area contributed by atoms with Gasteiger partial charge in [0.1, 0.15) is 22.8 Å². The first-order valence-electron chi connectivity index (χ1n) is 11.6. The van der Waals surface area contributed by atoms with Crippen LogP contribution in [-0.2, 0) is 5.75 Å². The molecule has 168 valence electrons. The van der Waals surface area contributed by atoms with Crippen LogP contribution in [0.3, 0.4) is 0 Å². The maximum Gasteiger partial charge on any atom is 0.261 e. The number of hydrogen-bond donors (Lipinski definition) is 2. The zero-order valence-corrected chi connectivity index (χ0v) is 18.7. The van der Waals surface area contributed by atoms with E-state index in [0.29, 0.717) is 40.6 Å².